The fourth-order valence-corrected chi connectivity index (χ4v) is 4.41. The number of carbonyl (C=O) groups is 1. The lowest BCUT2D eigenvalue weighted by molar-refractivity contribution is 0.0990. The molecule has 0 aliphatic rings. The monoisotopic (exact) mass is 464 g/mol. The largest absolute Gasteiger partial charge is 0.497 e. The molecule has 0 aliphatic carbocycles. The minimum absolute atomic E-state index is 0.159. The molecule has 0 fully saturated rings. The Labute approximate surface area is 198 Å². The van der Waals surface area contributed by atoms with Crippen LogP contribution in [-0.2, 0) is 7.05 Å². The highest BCUT2D eigenvalue weighted by Crippen LogP contribution is 2.38. The van der Waals surface area contributed by atoms with Gasteiger partial charge in [-0.05, 0) is 30.3 Å². The third-order valence-corrected chi connectivity index (χ3v) is 6.09. The maximum Gasteiger partial charge on any atom is 0.314 e. The van der Waals surface area contributed by atoms with Crippen LogP contribution in [0.1, 0.15) is 10.5 Å². The van der Waals surface area contributed by atoms with E-state index in [0.29, 0.717) is 33.8 Å². The summed E-state index contributed by atoms with van der Waals surface area (Å²) in [6, 6.07) is 22.5. The summed E-state index contributed by atoms with van der Waals surface area (Å²) in [5.74, 6) is 0.447. The molecule has 3 heterocycles. The number of amides is 1. The second-order valence-electron chi connectivity index (χ2n) is 8.10. The number of fused-ring (bicyclic) bond motifs is 4. The molecule has 35 heavy (non-hydrogen) atoms. The van der Waals surface area contributed by atoms with Crippen LogP contribution in [0.2, 0.25) is 0 Å². The molecule has 0 aliphatic heterocycles. The van der Waals surface area contributed by atoms with Crippen molar-refractivity contribution in [2.75, 3.05) is 7.11 Å². The fourth-order valence-electron chi connectivity index (χ4n) is 4.41. The molecule has 3 aromatic heterocycles. The molecule has 9 nitrogen and oxygen atoms in total. The van der Waals surface area contributed by atoms with Gasteiger partial charge in [-0.2, -0.15) is 0 Å². The van der Waals surface area contributed by atoms with Crippen LogP contribution in [-0.4, -0.2) is 37.1 Å². The number of aromatic nitrogens is 4. The number of nitrogens with one attached hydrogen (secondary N) is 1. The minimum Gasteiger partial charge on any atom is -0.497 e. The Kier molecular flexibility index (Phi) is 4.63. The average Bonchev–Trinajstić information content (AvgIpc) is 3.52. The molecule has 172 valence electrons. The molecule has 0 saturated carbocycles. The number of hydrogen-bond acceptors (Lipinski definition) is 5. The molecule has 0 spiro atoms. The van der Waals surface area contributed by atoms with Crippen LogP contribution < -0.4 is 4.74 Å². The van der Waals surface area contributed by atoms with Crippen molar-refractivity contribution in [1.82, 2.24) is 18.9 Å². The van der Waals surface area contributed by atoms with Gasteiger partial charge in [-0.1, -0.05) is 42.5 Å². The summed E-state index contributed by atoms with van der Waals surface area (Å²) in [7, 11) is 3.46. The number of benzene rings is 3. The van der Waals surface area contributed by atoms with E-state index in [4.69, 9.17) is 9.72 Å². The van der Waals surface area contributed by atoms with Crippen molar-refractivity contribution in [3.63, 3.8) is 0 Å². The summed E-state index contributed by atoms with van der Waals surface area (Å²) in [6.07, 6.45) is 0. The highest BCUT2D eigenvalue weighted by molar-refractivity contribution is 6.02. The zero-order valence-electron chi connectivity index (χ0n) is 18.9. The molecular weight excluding hydrogens is 444 g/mol. The molecule has 0 saturated heterocycles. The van der Waals surface area contributed by atoms with E-state index in [1.165, 1.54) is 0 Å². The molecule has 3 aromatic carbocycles. The molecule has 6 rings (SSSR count). The van der Waals surface area contributed by atoms with Crippen LogP contribution in [0, 0.1) is 0 Å². The number of imidazole rings is 2. The molecule has 2 N–H and O–H groups in total. The average molecular weight is 464 g/mol. The van der Waals surface area contributed by atoms with Crippen LogP contribution in [0.5, 0.6) is 11.6 Å². The number of para-hydroxylation sites is 2. The molecule has 1 amide bonds. The van der Waals surface area contributed by atoms with Crippen molar-refractivity contribution >= 4 is 39.3 Å². The third kappa shape index (κ3) is 3.17. The van der Waals surface area contributed by atoms with Crippen LogP contribution in [0.3, 0.4) is 0 Å². The number of ether oxygens (including phenoxy) is 1. The summed E-state index contributed by atoms with van der Waals surface area (Å²) < 4.78 is 9.02. The number of rotatable bonds is 4. The van der Waals surface area contributed by atoms with Gasteiger partial charge in [-0.3, -0.25) is 9.20 Å². The number of azo groups is 1. The number of H-pyrrole nitrogens is 1. The van der Waals surface area contributed by atoms with E-state index in [1.54, 1.807) is 29.7 Å². The first kappa shape index (κ1) is 20.7. The second kappa shape index (κ2) is 7.84. The van der Waals surface area contributed by atoms with Gasteiger partial charge in [-0.15, -0.1) is 10.2 Å². The van der Waals surface area contributed by atoms with Crippen molar-refractivity contribution in [3.8, 4) is 22.9 Å². The number of nitrogens with zero attached hydrogens (tertiary/aromatic N) is 5. The van der Waals surface area contributed by atoms with Gasteiger partial charge in [0.05, 0.1) is 23.7 Å². The Balaban J connectivity index is 1.55. The van der Waals surface area contributed by atoms with Gasteiger partial charge >= 0.3 is 5.91 Å². The lowest BCUT2D eigenvalue weighted by Crippen LogP contribution is -2.01. The normalized spacial score (nSPS) is 11.8. The van der Waals surface area contributed by atoms with Gasteiger partial charge in [0.1, 0.15) is 17.1 Å². The number of carbonyl (C=O) groups excluding carboxylic acids is 1. The summed E-state index contributed by atoms with van der Waals surface area (Å²) >= 11 is 0. The van der Waals surface area contributed by atoms with E-state index < -0.39 is 5.91 Å². The van der Waals surface area contributed by atoms with Gasteiger partial charge in [0, 0.05) is 18.0 Å². The molecule has 0 atom stereocenters. The Morgan fingerprint density at radius 3 is 2.54 bits per heavy atom. The van der Waals surface area contributed by atoms with E-state index in [-0.39, 0.29) is 11.6 Å². The predicted molar refractivity (Wildman–Crippen MR) is 132 cm³/mol. The summed E-state index contributed by atoms with van der Waals surface area (Å²) in [5.41, 5.74) is 4.17. The van der Waals surface area contributed by atoms with Crippen molar-refractivity contribution in [1.29, 1.82) is 0 Å². The Bertz CT molecular complexity index is 1780. The molecule has 6 aromatic rings. The molecular formula is C26H20N6O3. The van der Waals surface area contributed by atoms with Crippen molar-refractivity contribution in [3.05, 3.63) is 78.5 Å². The van der Waals surface area contributed by atoms with Crippen molar-refractivity contribution in [2.24, 2.45) is 17.3 Å². The smallest absolute Gasteiger partial charge is 0.314 e. The van der Waals surface area contributed by atoms with E-state index in [9.17, 15) is 9.90 Å². The first-order chi connectivity index (χ1) is 17.1. The van der Waals surface area contributed by atoms with Gasteiger partial charge in [-0.25, -0.2) is 4.98 Å². The predicted octanol–water partition coefficient (Wildman–Crippen LogP) is 5.61. The zero-order chi connectivity index (χ0) is 24.1. The number of aromatic hydroxyl groups is 1. The second-order valence-corrected chi connectivity index (χ2v) is 8.10. The van der Waals surface area contributed by atoms with E-state index in [2.05, 4.69) is 15.2 Å². The topological polar surface area (TPSA) is 109 Å². The lowest BCUT2D eigenvalue weighted by atomic mass is 10.1. The van der Waals surface area contributed by atoms with Gasteiger partial charge in [0.2, 0.25) is 11.7 Å². The lowest BCUT2D eigenvalue weighted by Gasteiger charge is -2.02. The van der Waals surface area contributed by atoms with E-state index in [1.807, 2.05) is 66.2 Å². The van der Waals surface area contributed by atoms with Crippen LogP contribution in [0.4, 0.5) is 5.69 Å². The Morgan fingerprint density at radius 1 is 1.03 bits per heavy atom. The fraction of sp³-hybridized carbons (Fsp3) is 0.0769. The van der Waals surface area contributed by atoms with Gasteiger partial charge < -0.3 is 19.4 Å². The van der Waals surface area contributed by atoms with E-state index >= 15 is 0 Å². The SMILES string of the molecule is COc1ccc2[nH]c(O)c(N=NC(=O)c3c(-c4ccccc4)nc4n(C)c5ccccc5n34)c2c1. The Hall–Kier alpha value is -4.92. The highest BCUT2D eigenvalue weighted by atomic mass is 16.5. The number of aromatic amines is 1. The number of hydrogen-bond donors (Lipinski definition) is 2. The quantitative estimate of drug-likeness (QED) is 0.330. The summed E-state index contributed by atoms with van der Waals surface area (Å²) in [5, 5.41) is 19.2. The number of aryl methyl sites for hydroxylation is 1. The van der Waals surface area contributed by atoms with Crippen LogP contribution in [0.25, 0.3) is 39.0 Å². The molecule has 0 bridgehead atoms. The van der Waals surface area contributed by atoms with Crippen molar-refractivity contribution < 1.29 is 14.6 Å². The zero-order valence-corrected chi connectivity index (χ0v) is 18.9. The summed E-state index contributed by atoms with van der Waals surface area (Å²) in [4.78, 5) is 21.2. The maximum absolute atomic E-state index is 13.6. The minimum atomic E-state index is -0.579. The maximum atomic E-state index is 13.6. The summed E-state index contributed by atoms with van der Waals surface area (Å²) in [6.45, 7) is 0. The first-order valence-electron chi connectivity index (χ1n) is 10.9. The van der Waals surface area contributed by atoms with Crippen molar-refractivity contribution in [2.45, 2.75) is 0 Å². The van der Waals surface area contributed by atoms with Crippen LogP contribution >= 0.6 is 0 Å². The first-order valence-corrected chi connectivity index (χ1v) is 10.9. The molecule has 0 radical (unpaired) electrons. The standard InChI is InChI=1S/C26H20N6O3/c1-31-19-10-6-7-11-20(19)32-23(21(28-26(31)32)15-8-4-3-5-9-15)25(34)30-29-22-17-14-16(35-2)12-13-18(17)27-24(22)33/h3-14,27,33H,1-2H3. The highest BCUT2D eigenvalue weighted by Gasteiger charge is 2.25. The van der Waals surface area contributed by atoms with Gasteiger partial charge in [0.15, 0.2) is 5.69 Å². The third-order valence-electron chi connectivity index (χ3n) is 6.09. The molecule has 0 unspecified atom stereocenters. The molecule has 9 heteroatoms. The van der Waals surface area contributed by atoms with E-state index in [0.717, 1.165) is 16.6 Å². The van der Waals surface area contributed by atoms with Crippen LogP contribution in [0.15, 0.2) is 83.0 Å². The Morgan fingerprint density at radius 2 is 1.77 bits per heavy atom. The van der Waals surface area contributed by atoms with Gasteiger partial charge in [0.25, 0.3) is 0 Å². The number of methoxy groups -OCH3 is 1.